The zero-order chi connectivity index (χ0) is 28.4. The molecule has 3 amide bonds. The first-order chi connectivity index (χ1) is 17.6. The van der Waals surface area contributed by atoms with E-state index in [0.717, 1.165) is 11.1 Å². The average molecular weight is 555 g/mol. The van der Waals surface area contributed by atoms with Crippen LogP contribution in [0.5, 0.6) is 0 Å². The van der Waals surface area contributed by atoms with Crippen molar-refractivity contribution in [3.05, 3.63) is 63.9 Å². The van der Waals surface area contributed by atoms with E-state index in [1.165, 1.54) is 30.3 Å². The van der Waals surface area contributed by atoms with E-state index in [0.29, 0.717) is 5.56 Å². The van der Waals surface area contributed by atoms with E-state index in [1.54, 1.807) is 20.8 Å². The number of primary amides is 1. The molecule has 2 heterocycles. The predicted molar refractivity (Wildman–Crippen MR) is 130 cm³/mol. The van der Waals surface area contributed by atoms with Gasteiger partial charge in [-0.2, -0.15) is 13.2 Å². The molecule has 0 radical (unpaired) electrons. The maximum absolute atomic E-state index is 13.7. The molecule has 13 heteroatoms. The van der Waals surface area contributed by atoms with Gasteiger partial charge in [0, 0.05) is 30.3 Å². The molecule has 2 atom stereocenters. The number of aromatic nitrogens is 1. The number of nitrogens with one attached hydrogen (secondary N) is 1. The van der Waals surface area contributed by atoms with Gasteiger partial charge in [0.1, 0.15) is 11.6 Å². The molecule has 9 nitrogen and oxygen atoms in total. The largest absolute Gasteiger partial charge is 0.460 e. The minimum atomic E-state index is -4.89. The first-order valence-corrected chi connectivity index (χ1v) is 11.9. The maximum atomic E-state index is 13.7. The monoisotopic (exact) mass is 554 g/mol. The highest BCUT2D eigenvalue weighted by atomic mass is 35.5. The van der Waals surface area contributed by atoms with Crippen LogP contribution in [0.1, 0.15) is 71.6 Å². The van der Waals surface area contributed by atoms with Gasteiger partial charge in [0.05, 0.1) is 10.7 Å². The Morgan fingerprint density at radius 1 is 1.21 bits per heavy atom. The van der Waals surface area contributed by atoms with Crippen LogP contribution >= 0.6 is 11.6 Å². The van der Waals surface area contributed by atoms with E-state index in [1.807, 2.05) is 5.32 Å². The van der Waals surface area contributed by atoms with Gasteiger partial charge < -0.3 is 20.7 Å². The number of hydrogen-bond donors (Lipinski definition) is 2. The Hall–Kier alpha value is -3.67. The quantitative estimate of drug-likeness (QED) is 0.478. The van der Waals surface area contributed by atoms with E-state index in [-0.39, 0.29) is 35.5 Å². The van der Waals surface area contributed by atoms with E-state index in [2.05, 4.69) is 4.98 Å². The zero-order valence-corrected chi connectivity index (χ0v) is 21.5. The molecule has 38 heavy (non-hydrogen) atoms. The number of halogens is 4. The number of amides is 3. The molecule has 0 spiro atoms. The first-order valence-electron chi connectivity index (χ1n) is 11.5. The Balaban J connectivity index is 1.78. The average Bonchev–Trinajstić information content (AvgIpc) is 3.11. The van der Waals surface area contributed by atoms with E-state index >= 15 is 0 Å². The highest BCUT2D eigenvalue weighted by molar-refractivity contribution is 6.31. The SMILES string of the molecule is CC(C)(C)OC(=O)CCC(C(N)=O)N1Cc2cc(C(=O)N[C@H](c3ncccc3Cl)C(F)(F)F)ccc2C1=O. The summed E-state index contributed by atoms with van der Waals surface area (Å²) >= 11 is 5.87. The van der Waals surface area contributed by atoms with Crippen LogP contribution in [-0.4, -0.2) is 51.4 Å². The molecule has 1 aliphatic rings. The summed E-state index contributed by atoms with van der Waals surface area (Å²) in [6, 6.07) is 2.72. The maximum Gasteiger partial charge on any atom is 0.414 e. The van der Waals surface area contributed by atoms with Crippen LogP contribution in [0.15, 0.2) is 36.5 Å². The summed E-state index contributed by atoms with van der Waals surface area (Å²) in [5, 5.41) is 1.63. The van der Waals surface area contributed by atoms with Gasteiger partial charge in [0.2, 0.25) is 5.91 Å². The van der Waals surface area contributed by atoms with Crippen molar-refractivity contribution in [2.75, 3.05) is 0 Å². The normalized spacial score (nSPS) is 15.0. The number of carbonyl (C=O) groups is 4. The summed E-state index contributed by atoms with van der Waals surface area (Å²) in [7, 11) is 0. The van der Waals surface area contributed by atoms with Crippen LogP contribution in [0.3, 0.4) is 0 Å². The van der Waals surface area contributed by atoms with Crippen molar-refractivity contribution in [1.82, 2.24) is 15.2 Å². The van der Waals surface area contributed by atoms with Gasteiger partial charge >= 0.3 is 12.1 Å². The molecule has 1 aromatic heterocycles. The molecule has 1 unspecified atom stereocenters. The van der Waals surface area contributed by atoms with Crippen LogP contribution in [0, 0.1) is 0 Å². The number of hydrogen-bond acceptors (Lipinski definition) is 6. The Labute approximate surface area is 221 Å². The lowest BCUT2D eigenvalue weighted by Gasteiger charge is -2.25. The third kappa shape index (κ3) is 6.80. The molecule has 1 aromatic carbocycles. The molecule has 204 valence electrons. The highest BCUT2D eigenvalue weighted by Crippen LogP contribution is 2.35. The molecule has 2 aromatic rings. The van der Waals surface area contributed by atoms with Crippen molar-refractivity contribution in [1.29, 1.82) is 0 Å². The number of fused-ring (bicyclic) bond motifs is 1. The molecule has 0 fully saturated rings. The van der Waals surface area contributed by atoms with Crippen LogP contribution in [0.4, 0.5) is 13.2 Å². The zero-order valence-electron chi connectivity index (χ0n) is 20.8. The summed E-state index contributed by atoms with van der Waals surface area (Å²) in [6.07, 6.45) is -4.03. The number of esters is 1. The summed E-state index contributed by atoms with van der Waals surface area (Å²) in [5.41, 5.74) is 4.52. The fourth-order valence-corrected chi connectivity index (χ4v) is 4.20. The van der Waals surface area contributed by atoms with E-state index in [9.17, 15) is 32.3 Å². The number of carbonyl (C=O) groups excluding carboxylic acids is 4. The van der Waals surface area contributed by atoms with Gasteiger partial charge in [-0.25, -0.2) is 0 Å². The van der Waals surface area contributed by atoms with Crippen molar-refractivity contribution in [2.45, 2.75) is 64.0 Å². The number of pyridine rings is 1. The topological polar surface area (TPSA) is 132 Å². The van der Waals surface area contributed by atoms with Crippen molar-refractivity contribution in [2.24, 2.45) is 5.73 Å². The van der Waals surface area contributed by atoms with Crippen LogP contribution in [0.25, 0.3) is 0 Å². The number of ether oxygens (including phenoxy) is 1. The van der Waals surface area contributed by atoms with Crippen LogP contribution in [0.2, 0.25) is 5.02 Å². The van der Waals surface area contributed by atoms with Crippen molar-refractivity contribution < 1.29 is 37.1 Å². The van der Waals surface area contributed by atoms with Crippen molar-refractivity contribution in [3.8, 4) is 0 Å². The fraction of sp³-hybridized carbons (Fsp3) is 0.400. The number of benzene rings is 1. The summed E-state index contributed by atoms with van der Waals surface area (Å²) < 4.78 is 46.4. The summed E-state index contributed by atoms with van der Waals surface area (Å²) in [5.74, 6) is -3.04. The predicted octanol–water partition coefficient (Wildman–Crippen LogP) is 3.70. The summed E-state index contributed by atoms with van der Waals surface area (Å²) in [4.78, 5) is 54.8. The number of rotatable bonds is 8. The smallest absolute Gasteiger partial charge is 0.414 e. The minimum Gasteiger partial charge on any atom is -0.460 e. The second-order valence-corrected chi connectivity index (χ2v) is 10.1. The molecule has 0 saturated carbocycles. The summed E-state index contributed by atoms with van der Waals surface area (Å²) in [6.45, 7) is 4.93. The molecule has 3 rings (SSSR count). The minimum absolute atomic E-state index is 0.0879. The van der Waals surface area contributed by atoms with E-state index in [4.69, 9.17) is 22.1 Å². The molecular weight excluding hydrogens is 529 g/mol. The van der Waals surface area contributed by atoms with Gasteiger partial charge in [0.25, 0.3) is 11.8 Å². The standard InChI is InChI=1S/C25H26ClF3N4O5/c1-24(2,3)38-18(34)9-8-17(21(30)35)33-12-14-11-13(6-7-15(14)23(33)37)22(36)32-20(25(27,28)29)19-16(26)5-4-10-31-19/h4-7,10-11,17,20H,8-9,12H2,1-3H3,(H2,30,35)(H,32,36)/t17?,20-/m1/s1. The lowest BCUT2D eigenvalue weighted by molar-refractivity contribution is -0.156. The Bertz CT molecular complexity index is 1260. The molecular formula is C25H26ClF3N4O5. The Morgan fingerprint density at radius 3 is 2.47 bits per heavy atom. The van der Waals surface area contributed by atoms with E-state index < -0.39 is 53.2 Å². The Kier molecular flexibility index (Phi) is 8.35. The first kappa shape index (κ1) is 28.9. The second-order valence-electron chi connectivity index (χ2n) is 9.67. The molecule has 1 aliphatic heterocycles. The van der Waals surface area contributed by atoms with Gasteiger partial charge in [-0.05, 0) is 63.1 Å². The highest BCUT2D eigenvalue weighted by Gasteiger charge is 2.44. The Morgan fingerprint density at radius 2 is 1.89 bits per heavy atom. The fourth-order valence-electron chi connectivity index (χ4n) is 3.96. The van der Waals surface area contributed by atoms with Gasteiger partial charge in [-0.3, -0.25) is 24.2 Å². The third-order valence-corrected chi connectivity index (χ3v) is 5.93. The van der Waals surface area contributed by atoms with Gasteiger partial charge in [0.15, 0.2) is 6.04 Å². The van der Waals surface area contributed by atoms with Gasteiger partial charge in [-0.15, -0.1) is 0 Å². The molecule has 0 saturated heterocycles. The molecule has 0 aliphatic carbocycles. The lowest BCUT2D eigenvalue weighted by Crippen LogP contribution is -2.45. The number of nitrogens with two attached hydrogens (primary N) is 1. The molecule has 3 N–H and O–H groups in total. The van der Waals surface area contributed by atoms with Crippen LogP contribution < -0.4 is 11.1 Å². The number of alkyl halides is 3. The van der Waals surface area contributed by atoms with Crippen LogP contribution in [-0.2, 0) is 20.9 Å². The molecule has 0 bridgehead atoms. The second kappa shape index (κ2) is 11.0. The third-order valence-electron chi connectivity index (χ3n) is 5.61. The van der Waals surface area contributed by atoms with Crippen molar-refractivity contribution >= 4 is 35.3 Å². The number of nitrogens with zero attached hydrogens (tertiary/aromatic N) is 2. The van der Waals surface area contributed by atoms with Crippen molar-refractivity contribution in [3.63, 3.8) is 0 Å². The lowest BCUT2D eigenvalue weighted by atomic mass is 10.0. The van der Waals surface area contributed by atoms with Gasteiger partial charge in [-0.1, -0.05) is 11.6 Å².